The van der Waals surface area contributed by atoms with Gasteiger partial charge in [-0.05, 0) is 62.8 Å². The van der Waals surface area contributed by atoms with Gasteiger partial charge in [0.2, 0.25) is 11.8 Å². The van der Waals surface area contributed by atoms with E-state index in [0.717, 1.165) is 25.9 Å². The van der Waals surface area contributed by atoms with Gasteiger partial charge in [0.25, 0.3) is 0 Å². The minimum Gasteiger partial charge on any atom is -0.352 e. The van der Waals surface area contributed by atoms with E-state index in [2.05, 4.69) is 15.5 Å². The van der Waals surface area contributed by atoms with Gasteiger partial charge in [-0.15, -0.1) is 0 Å². The smallest absolute Gasteiger partial charge is 0.234 e. The standard InChI is InChI=1S/C20H27ClFN3O2/c1-19(2,3)24-17(26)10-25-11-20(12-25)7-14(8-20)18(27)23-9-13-4-15(21)6-16(22)5-13/h4-6,14H,7-12H2,1-3H3,(H,23,27)(H,24,26). The first-order valence-electron chi connectivity index (χ1n) is 9.30. The van der Waals surface area contributed by atoms with Gasteiger partial charge in [-0.2, -0.15) is 0 Å². The van der Waals surface area contributed by atoms with E-state index in [0.29, 0.717) is 17.1 Å². The fourth-order valence-electron chi connectivity index (χ4n) is 4.15. The minimum absolute atomic E-state index is 0.000386. The summed E-state index contributed by atoms with van der Waals surface area (Å²) in [5.74, 6) is -0.358. The molecule has 1 spiro atoms. The zero-order chi connectivity index (χ0) is 19.8. The summed E-state index contributed by atoms with van der Waals surface area (Å²) < 4.78 is 13.3. The number of rotatable bonds is 5. The van der Waals surface area contributed by atoms with E-state index in [1.165, 1.54) is 12.1 Å². The van der Waals surface area contributed by atoms with E-state index in [9.17, 15) is 14.0 Å². The molecule has 0 aromatic heterocycles. The predicted octanol–water partition coefficient (Wildman–Crippen LogP) is 2.72. The largest absolute Gasteiger partial charge is 0.352 e. The minimum atomic E-state index is -0.403. The number of halogens is 2. The molecular formula is C20H27ClFN3O2. The molecule has 1 saturated heterocycles. The maximum absolute atomic E-state index is 13.3. The maximum atomic E-state index is 13.3. The van der Waals surface area contributed by atoms with Gasteiger partial charge in [0.05, 0.1) is 6.54 Å². The quantitative estimate of drug-likeness (QED) is 0.805. The summed E-state index contributed by atoms with van der Waals surface area (Å²) in [5, 5.41) is 6.16. The Labute approximate surface area is 164 Å². The van der Waals surface area contributed by atoms with Crippen LogP contribution in [-0.4, -0.2) is 41.9 Å². The van der Waals surface area contributed by atoms with Gasteiger partial charge in [0.15, 0.2) is 0 Å². The van der Waals surface area contributed by atoms with Crippen molar-refractivity contribution in [1.82, 2.24) is 15.5 Å². The summed E-state index contributed by atoms with van der Waals surface area (Å²) in [6.45, 7) is 8.33. The first-order chi connectivity index (χ1) is 12.5. The SMILES string of the molecule is CC(C)(C)NC(=O)CN1CC2(CC(C(=O)NCc3cc(F)cc(Cl)c3)C2)C1. The van der Waals surface area contributed by atoms with Crippen LogP contribution in [-0.2, 0) is 16.1 Å². The molecule has 27 heavy (non-hydrogen) atoms. The third-order valence-electron chi connectivity index (χ3n) is 5.12. The van der Waals surface area contributed by atoms with Crippen LogP contribution in [0.3, 0.4) is 0 Å². The molecule has 0 radical (unpaired) electrons. The molecule has 2 N–H and O–H groups in total. The van der Waals surface area contributed by atoms with E-state index in [-0.39, 0.29) is 35.2 Å². The number of nitrogens with one attached hydrogen (secondary N) is 2. The van der Waals surface area contributed by atoms with Crippen LogP contribution in [0.4, 0.5) is 4.39 Å². The third kappa shape index (κ3) is 5.20. The highest BCUT2D eigenvalue weighted by Crippen LogP contribution is 2.51. The van der Waals surface area contributed by atoms with Crippen molar-refractivity contribution in [2.24, 2.45) is 11.3 Å². The summed E-state index contributed by atoms with van der Waals surface area (Å²) in [7, 11) is 0. The van der Waals surface area contributed by atoms with Gasteiger partial charge < -0.3 is 10.6 Å². The van der Waals surface area contributed by atoms with Crippen molar-refractivity contribution in [3.8, 4) is 0 Å². The predicted molar refractivity (Wildman–Crippen MR) is 103 cm³/mol. The van der Waals surface area contributed by atoms with Crippen molar-refractivity contribution >= 4 is 23.4 Å². The number of carbonyl (C=O) groups excluding carboxylic acids is 2. The van der Waals surface area contributed by atoms with E-state index < -0.39 is 5.82 Å². The fraction of sp³-hybridized carbons (Fsp3) is 0.600. The van der Waals surface area contributed by atoms with Crippen molar-refractivity contribution in [1.29, 1.82) is 0 Å². The molecule has 1 aliphatic heterocycles. The zero-order valence-corrected chi connectivity index (χ0v) is 16.8. The molecule has 1 aliphatic carbocycles. The average molecular weight is 396 g/mol. The van der Waals surface area contributed by atoms with Gasteiger partial charge in [0, 0.05) is 36.1 Å². The molecule has 5 nitrogen and oxygen atoms in total. The second-order valence-corrected chi connectivity index (χ2v) is 9.48. The van der Waals surface area contributed by atoms with Gasteiger partial charge >= 0.3 is 0 Å². The number of carbonyl (C=O) groups is 2. The van der Waals surface area contributed by atoms with Crippen LogP contribution in [0.15, 0.2) is 18.2 Å². The van der Waals surface area contributed by atoms with Crippen LogP contribution in [0.5, 0.6) is 0 Å². The molecule has 0 unspecified atom stereocenters. The normalized spacial score (nSPS) is 19.3. The van der Waals surface area contributed by atoms with Gasteiger partial charge in [0.1, 0.15) is 5.82 Å². The maximum Gasteiger partial charge on any atom is 0.234 e. The Kier molecular flexibility index (Phi) is 5.50. The van der Waals surface area contributed by atoms with Crippen LogP contribution >= 0.6 is 11.6 Å². The molecule has 2 amide bonds. The monoisotopic (exact) mass is 395 g/mol. The number of likely N-dealkylation sites (tertiary alicyclic amines) is 1. The first kappa shape index (κ1) is 20.1. The molecule has 2 fully saturated rings. The lowest BCUT2D eigenvalue weighted by Gasteiger charge is -2.58. The highest BCUT2D eigenvalue weighted by Gasteiger charge is 2.54. The Bertz CT molecular complexity index is 713. The van der Waals surface area contributed by atoms with Crippen LogP contribution in [0.25, 0.3) is 0 Å². The molecule has 3 rings (SSSR count). The summed E-state index contributed by atoms with van der Waals surface area (Å²) in [6.07, 6.45) is 1.69. The number of benzene rings is 1. The molecule has 1 aromatic carbocycles. The number of hydrogen-bond donors (Lipinski definition) is 2. The van der Waals surface area contributed by atoms with Crippen LogP contribution < -0.4 is 10.6 Å². The fourth-order valence-corrected chi connectivity index (χ4v) is 4.40. The number of hydrogen-bond acceptors (Lipinski definition) is 3. The molecular weight excluding hydrogens is 369 g/mol. The van der Waals surface area contributed by atoms with E-state index >= 15 is 0 Å². The first-order valence-corrected chi connectivity index (χ1v) is 9.67. The van der Waals surface area contributed by atoms with E-state index in [1.54, 1.807) is 6.07 Å². The zero-order valence-electron chi connectivity index (χ0n) is 16.1. The Morgan fingerprint density at radius 1 is 1.26 bits per heavy atom. The summed E-state index contributed by atoms with van der Waals surface area (Å²) in [4.78, 5) is 26.4. The van der Waals surface area contributed by atoms with Crippen LogP contribution in [0.1, 0.15) is 39.2 Å². The molecule has 1 aromatic rings. The summed E-state index contributed by atoms with van der Waals surface area (Å²) in [6, 6.07) is 4.27. The summed E-state index contributed by atoms with van der Waals surface area (Å²) in [5.41, 5.74) is 0.624. The Morgan fingerprint density at radius 2 is 1.93 bits per heavy atom. The van der Waals surface area contributed by atoms with Crippen LogP contribution in [0.2, 0.25) is 5.02 Å². The second-order valence-electron chi connectivity index (χ2n) is 9.04. The molecule has 2 aliphatic rings. The molecule has 7 heteroatoms. The average Bonchev–Trinajstić information content (AvgIpc) is 2.43. The molecule has 148 valence electrons. The van der Waals surface area contributed by atoms with E-state index in [4.69, 9.17) is 11.6 Å². The Hall–Kier alpha value is -1.66. The molecule has 1 saturated carbocycles. The Morgan fingerprint density at radius 3 is 2.52 bits per heavy atom. The van der Waals surface area contributed by atoms with E-state index in [1.807, 2.05) is 20.8 Å². The topological polar surface area (TPSA) is 61.4 Å². The second kappa shape index (κ2) is 7.40. The summed E-state index contributed by atoms with van der Waals surface area (Å²) >= 11 is 5.83. The highest BCUT2D eigenvalue weighted by molar-refractivity contribution is 6.30. The van der Waals surface area contributed by atoms with Gasteiger partial charge in [-0.25, -0.2) is 4.39 Å². The molecule has 0 bridgehead atoms. The van der Waals surface area contributed by atoms with Crippen molar-refractivity contribution < 1.29 is 14.0 Å². The van der Waals surface area contributed by atoms with Crippen molar-refractivity contribution in [2.45, 2.75) is 45.7 Å². The van der Waals surface area contributed by atoms with Crippen LogP contribution in [0, 0.1) is 17.2 Å². The highest BCUT2D eigenvalue weighted by atomic mass is 35.5. The lowest BCUT2D eigenvalue weighted by molar-refractivity contribution is -0.148. The molecule has 1 heterocycles. The third-order valence-corrected chi connectivity index (χ3v) is 5.34. The number of nitrogens with zero attached hydrogens (tertiary/aromatic N) is 1. The number of amides is 2. The van der Waals surface area contributed by atoms with Gasteiger partial charge in [-0.1, -0.05) is 11.6 Å². The van der Waals surface area contributed by atoms with Crippen molar-refractivity contribution in [2.75, 3.05) is 19.6 Å². The van der Waals surface area contributed by atoms with Gasteiger partial charge in [-0.3, -0.25) is 14.5 Å². The van der Waals surface area contributed by atoms with Crippen molar-refractivity contribution in [3.63, 3.8) is 0 Å². The molecule has 0 atom stereocenters. The lowest BCUT2D eigenvalue weighted by Crippen LogP contribution is -2.65. The Balaban J connectivity index is 1.37. The van der Waals surface area contributed by atoms with Crippen molar-refractivity contribution in [3.05, 3.63) is 34.6 Å². The lowest BCUT2D eigenvalue weighted by atomic mass is 9.57.